The minimum Gasteiger partial charge on any atom is -0.318 e. The van der Waals surface area contributed by atoms with Crippen molar-refractivity contribution in [2.24, 2.45) is 7.05 Å². The van der Waals surface area contributed by atoms with E-state index in [4.69, 9.17) is 0 Å². The van der Waals surface area contributed by atoms with Gasteiger partial charge in [-0.1, -0.05) is 19.1 Å². The zero-order valence-corrected chi connectivity index (χ0v) is 12.8. The molecule has 108 valence electrons. The largest absolute Gasteiger partial charge is 0.318 e. The Morgan fingerprint density at radius 2 is 2.00 bits per heavy atom. The number of benzene rings is 1. The number of rotatable bonds is 1. The van der Waals surface area contributed by atoms with Gasteiger partial charge >= 0.3 is 0 Å². The van der Waals surface area contributed by atoms with Crippen molar-refractivity contribution in [3.63, 3.8) is 0 Å². The van der Waals surface area contributed by atoms with Gasteiger partial charge in [0.05, 0.1) is 11.3 Å². The number of thioether (sulfide) groups is 1. The van der Waals surface area contributed by atoms with Crippen LogP contribution < -0.4 is 10.5 Å². The van der Waals surface area contributed by atoms with Crippen molar-refractivity contribution >= 4 is 23.4 Å². The molecule has 5 heteroatoms. The van der Waals surface area contributed by atoms with E-state index in [1.165, 1.54) is 10.6 Å². The summed E-state index contributed by atoms with van der Waals surface area (Å²) in [6.07, 6.45) is 1.60. The molecule has 0 fully saturated rings. The zero-order chi connectivity index (χ0) is 15.0. The number of nitrogens with zero attached hydrogens (tertiary/aromatic N) is 2. The lowest BCUT2D eigenvalue weighted by atomic mass is 10.2. The average molecular weight is 300 g/mol. The van der Waals surface area contributed by atoms with E-state index >= 15 is 0 Å². The molecule has 0 N–H and O–H groups in total. The van der Waals surface area contributed by atoms with Crippen molar-refractivity contribution < 1.29 is 4.79 Å². The molecule has 0 spiro atoms. The Bertz CT molecular complexity index is 754. The Hall–Kier alpha value is -2.01. The maximum absolute atomic E-state index is 12.8. The van der Waals surface area contributed by atoms with Gasteiger partial charge in [-0.25, -0.2) is 0 Å². The van der Waals surface area contributed by atoms with Crippen molar-refractivity contribution in [1.29, 1.82) is 0 Å². The maximum atomic E-state index is 12.8. The molecule has 1 amide bonds. The van der Waals surface area contributed by atoms with Gasteiger partial charge in [0.2, 0.25) is 5.56 Å². The van der Waals surface area contributed by atoms with E-state index < -0.39 is 0 Å². The summed E-state index contributed by atoms with van der Waals surface area (Å²) >= 11 is 1.78. The maximum Gasteiger partial charge on any atom is 0.259 e. The first-order valence-corrected chi connectivity index (χ1v) is 7.68. The van der Waals surface area contributed by atoms with Crippen molar-refractivity contribution in [2.75, 3.05) is 11.4 Å². The van der Waals surface area contributed by atoms with Crippen LogP contribution in [-0.4, -0.2) is 22.3 Å². The van der Waals surface area contributed by atoms with E-state index in [1.54, 1.807) is 36.0 Å². The first-order chi connectivity index (χ1) is 10.1. The van der Waals surface area contributed by atoms with Crippen LogP contribution in [0.15, 0.2) is 52.3 Å². The molecule has 0 saturated carbocycles. The molecule has 4 nitrogen and oxygen atoms in total. The minimum absolute atomic E-state index is 0.0646. The van der Waals surface area contributed by atoms with Crippen LogP contribution in [0, 0.1) is 0 Å². The van der Waals surface area contributed by atoms with E-state index in [-0.39, 0.29) is 11.5 Å². The lowest BCUT2D eigenvalue weighted by molar-refractivity contribution is 0.0985. The summed E-state index contributed by atoms with van der Waals surface area (Å²) in [6.45, 7) is 2.78. The highest BCUT2D eigenvalue weighted by atomic mass is 32.2. The number of amides is 1. The predicted octanol–water partition coefficient (Wildman–Crippen LogP) is 2.53. The number of aryl methyl sites for hydroxylation is 1. The highest BCUT2D eigenvalue weighted by molar-refractivity contribution is 8.00. The van der Waals surface area contributed by atoms with Crippen LogP contribution in [0.1, 0.15) is 17.3 Å². The second kappa shape index (κ2) is 5.41. The van der Waals surface area contributed by atoms with Gasteiger partial charge in [-0.2, -0.15) is 0 Å². The predicted molar refractivity (Wildman–Crippen MR) is 85.1 cm³/mol. The van der Waals surface area contributed by atoms with Gasteiger partial charge in [-0.05, 0) is 18.2 Å². The van der Waals surface area contributed by atoms with Gasteiger partial charge in [0.25, 0.3) is 5.91 Å². The van der Waals surface area contributed by atoms with Crippen molar-refractivity contribution in [3.05, 3.63) is 58.5 Å². The number of fused-ring (bicyclic) bond motifs is 1. The standard InChI is InChI=1S/C16H16N2O2S/c1-11-9-18(13-5-3-4-6-14(13)21-11)16(20)12-7-8-15(19)17(2)10-12/h3-8,10-11H,9H2,1-2H3/t11-/m0/s1. The summed E-state index contributed by atoms with van der Waals surface area (Å²) in [6, 6.07) is 11.0. The topological polar surface area (TPSA) is 42.3 Å². The molecule has 3 rings (SSSR count). The lowest BCUT2D eigenvalue weighted by Gasteiger charge is -2.32. The van der Waals surface area contributed by atoms with Gasteiger partial charge in [-0.3, -0.25) is 9.59 Å². The smallest absolute Gasteiger partial charge is 0.259 e. The average Bonchev–Trinajstić information content (AvgIpc) is 2.48. The number of para-hydroxylation sites is 1. The summed E-state index contributed by atoms with van der Waals surface area (Å²) < 4.78 is 1.43. The molecular formula is C16H16N2O2S. The third-order valence-electron chi connectivity index (χ3n) is 3.50. The lowest BCUT2D eigenvalue weighted by Crippen LogP contribution is -2.39. The van der Waals surface area contributed by atoms with Crippen LogP contribution in [0.2, 0.25) is 0 Å². The van der Waals surface area contributed by atoms with Gasteiger partial charge in [0.1, 0.15) is 0 Å². The van der Waals surface area contributed by atoms with Crippen molar-refractivity contribution in [1.82, 2.24) is 4.57 Å². The Morgan fingerprint density at radius 1 is 1.24 bits per heavy atom. The van der Waals surface area contributed by atoms with Crippen LogP contribution in [0.5, 0.6) is 0 Å². The normalized spacial score (nSPS) is 17.4. The number of carbonyl (C=O) groups excluding carboxylic acids is 1. The van der Waals surface area contributed by atoms with E-state index in [9.17, 15) is 9.59 Å². The highest BCUT2D eigenvalue weighted by Crippen LogP contribution is 2.38. The summed E-state index contributed by atoms with van der Waals surface area (Å²) in [7, 11) is 1.65. The highest BCUT2D eigenvalue weighted by Gasteiger charge is 2.27. The second-order valence-corrected chi connectivity index (χ2v) is 6.66. The fourth-order valence-electron chi connectivity index (χ4n) is 2.46. The van der Waals surface area contributed by atoms with Gasteiger partial charge in [0.15, 0.2) is 0 Å². The monoisotopic (exact) mass is 300 g/mol. The first-order valence-electron chi connectivity index (χ1n) is 6.80. The third kappa shape index (κ3) is 2.61. The molecule has 0 bridgehead atoms. The summed E-state index contributed by atoms with van der Waals surface area (Å²) in [5, 5.41) is 0.344. The zero-order valence-electron chi connectivity index (χ0n) is 11.9. The van der Waals surface area contributed by atoms with Gasteiger partial charge in [-0.15, -0.1) is 11.8 Å². The molecule has 0 radical (unpaired) electrons. The van der Waals surface area contributed by atoms with Crippen LogP contribution in [0.25, 0.3) is 0 Å². The van der Waals surface area contributed by atoms with Gasteiger partial charge < -0.3 is 9.47 Å². The number of hydrogen-bond acceptors (Lipinski definition) is 3. The molecular weight excluding hydrogens is 284 g/mol. The first kappa shape index (κ1) is 13.9. The Labute approximate surface area is 127 Å². The Morgan fingerprint density at radius 3 is 2.76 bits per heavy atom. The van der Waals surface area contributed by atoms with Crippen molar-refractivity contribution in [2.45, 2.75) is 17.1 Å². The molecule has 2 aromatic rings. The molecule has 0 aliphatic carbocycles. The molecule has 1 aromatic heterocycles. The molecule has 0 unspecified atom stereocenters. The van der Waals surface area contributed by atoms with Gasteiger partial charge in [0, 0.05) is 36.0 Å². The van der Waals surface area contributed by atoms with Crippen molar-refractivity contribution in [3.8, 4) is 0 Å². The summed E-state index contributed by atoms with van der Waals surface area (Å²) in [4.78, 5) is 27.1. The number of pyridine rings is 1. The minimum atomic E-state index is -0.116. The Kier molecular flexibility index (Phi) is 3.59. The SMILES string of the molecule is C[C@H]1CN(C(=O)c2ccc(=O)n(C)c2)c2ccccc2S1. The Balaban J connectivity index is 2.01. The number of hydrogen-bond donors (Lipinski definition) is 0. The van der Waals surface area contributed by atoms with E-state index in [1.807, 2.05) is 24.3 Å². The molecule has 21 heavy (non-hydrogen) atoms. The molecule has 2 heterocycles. The van der Waals surface area contributed by atoms with Crippen LogP contribution in [0.4, 0.5) is 5.69 Å². The molecule has 1 aromatic carbocycles. The number of anilines is 1. The third-order valence-corrected chi connectivity index (χ3v) is 4.65. The second-order valence-electron chi connectivity index (χ2n) is 5.18. The fourth-order valence-corrected chi connectivity index (χ4v) is 3.57. The van der Waals surface area contributed by atoms with E-state index in [2.05, 4.69) is 6.92 Å². The van der Waals surface area contributed by atoms with Crippen LogP contribution in [0.3, 0.4) is 0 Å². The molecule has 1 aliphatic rings. The van der Waals surface area contributed by atoms with E-state index in [0.29, 0.717) is 17.4 Å². The van der Waals surface area contributed by atoms with Crippen LogP contribution in [-0.2, 0) is 7.05 Å². The van der Waals surface area contributed by atoms with Crippen LogP contribution >= 0.6 is 11.8 Å². The number of aromatic nitrogens is 1. The van der Waals surface area contributed by atoms with E-state index in [0.717, 1.165) is 10.6 Å². The molecule has 0 saturated heterocycles. The summed E-state index contributed by atoms with van der Waals surface area (Å²) in [5.41, 5.74) is 1.36. The molecule has 1 atom stereocenters. The quantitative estimate of drug-likeness (QED) is 0.813. The molecule has 1 aliphatic heterocycles. The number of carbonyl (C=O) groups is 1. The fraction of sp³-hybridized carbons (Fsp3) is 0.250. The summed E-state index contributed by atoms with van der Waals surface area (Å²) in [5.74, 6) is -0.0646.